The van der Waals surface area contributed by atoms with Gasteiger partial charge in [-0.05, 0) is 47.8 Å². The highest BCUT2D eigenvalue weighted by molar-refractivity contribution is 9.11. The molecular weight excluding hydrogens is 346 g/mol. The molecule has 1 aromatic heterocycles. The monoisotopic (exact) mass is 359 g/mol. The molecule has 0 radical (unpaired) electrons. The van der Waals surface area contributed by atoms with E-state index in [1.54, 1.807) is 13.0 Å². The second kappa shape index (κ2) is 5.57. The summed E-state index contributed by atoms with van der Waals surface area (Å²) in [5, 5.41) is 0. The van der Waals surface area contributed by atoms with E-state index < -0.39 is 15.6 Å². The number of thiophene rings is 1. The maximum atomic E-state index is 12.2. The molecular formula is C10H15BrClNO2S2. The highest BCUT2D eigenvalue weighted by atomic mass is 79.9. The lowest BCUT2D eigenvalue weighted by atomic mass is 10.0. The van der Waals surface area contributed by atoms with Gasteiger partial charge in [0.05, 0.1) is 3.79 Å². The Balaban J connectivity index is 3.04. The first kappa shape index (κ1) is 15.4. The van der Waals surface area contributed by atoms with E-state index in [0.29, 0.717) is 10.6 Å². The number of hydrogen-bond donors (Lipinski definition) is 1. The molecule has 0 amide bonds. The van der Waals surface area contributed by atoms with Gasteiger partial charge < -0.3 is 0 Å². The van der Waals surface area contributed by atoms with E-state index in [1.165, 1.54) is 11.3 Å². The van der Waals surface area contributed by atoms with Gasteiger partial charge in [-0.15, -0.1) is 22.9 Å². The van der Waals surface area contributed by atoms with Crippen molar-refractivity contribution in [3.63, 3.8) is 0 Å². The molecule has 0 aliphatic carbocycles. The van der Waals surface area contributed by atoms with Crippen LogP contribution in [0.4, 0.5) is 0 Å². The summed E-state index contributed by atoms with van der Waals surface area (Å²) in [6.45, 7) is 5.56. The summed E-state index contributed by atoms with van der Waals surface area (Å²) in [6, 6.07) is 1.65. The molecule has 0 bridgehead atoms. The molecule has 98 valence electrons. The second-order valence-corrected chi connectivity index (χ2v) is 8.72. The minimum absolute atomic E-state index is 0.244. The summed E-state index contributed by atoms with van der Waals surface area (Å²) < 4.78 is 28.1. The van der Waals surface area contributed by atoms with Crippen molar-refractivity contribution >= 4 is 48.9 Å². The van der Waals surface area contributed by atoms with Gasteiger partial charge in [-0.2, -0.15) is 0 Å². The van der Waals surface area contributed by atoms with Crippen LogP contribution in [0.5, 0.6) is 0 Å². The largest absolute Gasteiger partial charge is 0.250 e. The van der Waals surface area contributed by atoms with E-state index in [4.69, 9.17) is 11.6 Å². The molecule has 0 aliphatic heterocycles. The van der Waals surface area contributed by atoms with Crippen molar-refractivity contribution in [2.75, 3.05) is 5.88 Å². The molecule has 7 heteroatoms. The van der Waals surface area contributed by atoms with Crippen LogP contribution in [0.2, 0.25) is 0 Å². The van der Waals surface area contributed by atoms with E-state index >= 15 is 0 Å². The lowest BCUT2D eigenvalue weighted by molar-refractivity contribution is 0.445. The van der Waals surface area contributed by atoms with E-state index in [1.807, 2.05) is 13.8 Å². The van der Waals surface area contributed by atoms with E-state index in [0.717, 1.165) is 9.35 Å². The molecule has 1 unspecified atom stereocenters. The number of aryl methyl sites for hydroxylation is 1. The molecule has 1 aromatic rings. The number of halogens is 2. The summed E-state index contributed by atoms with van der Waals surface area (Å²) in [5.74, 6) is 0.244. The minimum Gasteiger partial charge on any atom is -0.206 e. The fourth-order valence-electron chi connectivity index (χ4n) is 1.13. The summed E-state index contributed by atoms with van der Waals surface area (Å²) in [4.78, 5) is 0. The number of alkyl halides is 1. The molecule has 1 rings (SSSR count). The smallest absolute Gasteiger partial charge is 0.206 e. The number of rotatable bonds is 5. The molecule has 0 spiro atoms. The van der Waals surface area contributed by atoms with Crippen molar-refractivity contribution in [3.8, 4) is 0 Å². The zero-order valence-corrected chi connectivity index (χ0v) is 13.9. The van der Waals surface area contributed by atoms with Gasteiger partial charge >= 0.3 is 0 Å². The van der Waals surface area contributed by atoms with Gasteiger partial charge in [0.25, 0.3) is 10.0 Å². The van der Waals surface area contributed by atoms with Crippen LogP contribution in [0.25, 0.3) is 0 Å². The van der Waals surface area contributed by atoms with Crippen LogP contribution >= 0.6 is 38.9 Å². The fraction of sp³-hybridized carbons (Fsp3) is 0.600. The van der Waals surface area contributed by atoms with Gasteiger partial charge in [-0.3, -0.25) is 0 Å². The Hall–Kier alpha value is 0.380. The first-order valence-electron chi connectivity index (χ1n) is 5.10. The van der Waals surface area contributed by atoms with Gasteiger partial charge in [0.1, 0.15) is 4.21 Å². The molecule has 3 nitrogen and oxygen atoms in total. The van der Waals surface area contributed by atoms with Crippen LogP contribution in [0, 0.1) is 6.92 Å². The Morgan fingerprint density at radius 1 is 1.59 bits per heavy atom. The standard InChI is InChI=1S/C10H15BrClNO2S2/c1-4-10(3,6-12)13-17(14,15)8-5-7(2)9(11)16-8/h5,13H,4,6H2,1-3H3. The van der Waals surface area contributed by atoms with E-state index in [9.17, 15) is 8.42 Å². The van der Waals surface area contributed by atoms with Crippen LogP contribution in [0.1, 0.15) is 25.8 Å². The van der Waals surface area contributed by atoms with Crippen LogP contribution < -0.4 is 4.72 Å². The van der Waals surface area contributed by atoms with Crippen molar-refractivity contribution in [2.45, 2.75) is 36.9 Å². The number of sulfonamides is 1. The van der Waals surface area contributed by atoms with Crippen LogP contribution in [-0.4, -0.2) is 19.8 Å². The Kier molecular flexibility index (Phi) is 5.06. The summed E-state index contributed by atoms with van der Waals surface area (Å²) in [5.41, 5.74) is 0.310. The molecule has 0 saturated carbocycles. The zero-order valence-electron chi connectivity index (χ0n) is 9.88. The molecule has 1 N–H and O–H groups in total. The topological polar surface area (TPSA) is 46.2 Å². The van der Waals surface area contributed by atoms with Crippen LogP contribution in [0.3, 0.4) is 0 Å². The second-order valence-electron chi connectivity index (χ2n) is 4.18. The highest BCUT2D eigenvalue weighted by Crippen LogP contribution is 2.31. The fourth-order valence-corrected chi connectivity index (χ4v) is 5.17. The molecule has 1 heterocycles. The molecule has 0 saturated heterocycles. The molecule has 1 atom stereocenters. The quantitative estimate of drug-likeness (QED) is 0.817. The Morgan fingerprint density at radius 2 is 2.18 bits per heavy atom. The van der Waals surface area contributed by atoms with Crippen LogP contribution in [-0.2, 0) is 10.0 Å². The average Bonchev–Trinajstić information content (AvgIpc) is 2.59. The predicted molar refractivity (Wildman–Crippen MR) is 76.5 cm³/mol. The van der Waals surface area contributed by atoms with Crippen molar-refractivity contribution < 1.29 is 8.42 Å². The third-order valence-corrected chi connectivity index (χ3v) is 7.39. The van der Waals surface area contributed by atoms with E-state index in [-0.39, 0.29) is 5.88 Å². The summed E-state index contributed by atoms with van der Waals surface area (Å²) in [7, 11) is -3.49. The van der Waals surface area contributed by atoms with Gasteiger partial charge in [0.15, 0.2) is 0 Å². The van der Waals surface area contributed by atoms with Gasteiger partial charge in [-0.1, -0.05) is 6.92 Å². The SMILES string of the molecule is CCC(C)(CCl)NS(=O)(=O)c1cc(C)c(Br)s1. The van der Waals surface area contributed by atoms with Crippen molar-refractivity contribution in [1.82, 2.24) is 4.72 Å². The number of nitrogens with one attached hydrogen (secondary N) is 1. The maximum Gasteiger partial charge on any atom is 0.250 e. The average molecular weight is 361 g/mol. The van der Waals surface area contributed by atoms with Crippen molar-refractivity contribution in [1.29, 1.82) is 0 Å². The summed E-state index contributed by atoms with van der Waals surface area (Å²) in [6.07, 6.45) is 0.640. The Bertz CT molecular complexity index is 475. The zero-order chi connectivity index (χ0) is 13.3. The predicted octanol–water partition coefficient (Wildman–Crippen LogP) is 3.50. The van der Waals surface area contributed by atoms with Crippen molar-refractivity contribution in [3.05, 3.63) is 15.4 Å². The molecule has 17 heavy (non-hydrogen) atoms. The van der Waals surface area contributed by atoms with E-state index in [2.05, 4.69) is 20.7 Å². The lowest BCUT2D eigenvalue weighted by Gasteiger charge is -2.26. The molecule has 0 aliphatic rings. The maximum absolute atomic E-state index is 12.2. The first-order valence-corrected chi connectivity index (χ1v) is 8.72. The summed E-state index contributed by atoms with van der Waals surface area (Å²) >= 11 is 10.3. The van der Waals surface area contributed by atoms with Gasteiger partial charge in [0.2, 0.25) is 0 Å². The number of hydrogen-bond acceptors (Lipinski definition) is 3. The first-order chi connectivity index (χ1) is 7.74. The third-order valence-electron chi connectivity index (χ3n) is 2.56. The Morgan fingerprint density at radius 3 is 2.53 bits per heavy atom. The third kappa shape index (κ3) is 3.67. The molecule has 0 aromatic carbocycles. The van der Waals surface area contributed by atoms with Gasteiger partial charge in [-0.25, -0.2) is 13.1 Å². The Labute approximate surface area is 120 Å². The van der Waals surface area contributed by atoms with Crippen molar-refractivity contribution in [2.24, 2.45) is 0 Å². The lowest BCUT2D eigenvalue weighted by Crippen LogP contribution is -2.46. The normalized spacial score (nSPS) is 15.8. The van der Waals surface area contributed by atoms with Gasteiger partial charge in [0, 0.05) is 11.4 Å². The molecule has 0 fully saturated rings. The highest BCUT2D eigenvalue weighted by Gasteiger charge is 2.29. The minimum atomic E-state index is -3.49. The van der Waals surface area contributed by atoms with Crippen LogP contribution in [0.15, 0.2) is 14.1 Å².